The number of halogens is 8. The Bertz CT molecular complexity index is 1230. The Morgan fingerprint density at radius 2 is 1.40 bits per heavy atom. The summed E-state index contributed by atoms with van der Waals surface area (Å²) in [4.78, 5) is 63.6. The Labute approximate surface area is 233 Å². The van der Waals surface area contributed by atoms with Crippen LogP contribution in [0.3, 0.4) is 0 Å². The van der Waals surface area contributed by atoms with Gasteiger partial charge in [-0.15, -0.1) is 0 Å². The van der Waals surface area contributed by atoms with E-state index in [0.717, 1.165) is 11.8 Å². The molecular formula is C24H26F8N4O6. The third-order valence-electron chi connectivity index (χ3n) is 6.18. The van der Waals surface area contributed by atoms with E-state index in [0.29, 0.717) is 4.90 Å². The van der Waals surface area contributed by atoms with Crippen molar-refractivity contribution in [2.75, 3.05) is 13.1 Å². The zero-order valence-corrected chi connectivity index (χ0v) is 22.5. The Morgan fingerprint density at radius 1 is 0.881 bits per heavy atom. The molecule has 0 spiro atoms. The predicted octanol–water partition coefficient (Wildman–Crippen LogP) is 2.72. The van der Waals surface area contributed by atoms with E-state index < -0.39 is 101 Å². The van der Waals surface area contributed by atoms with Crippen molar-refractivity contribution in [1.82, 2.24) is 20.4 Å². The predicted molar refractivity (Wildman–Crippen MR) is 125 cm³/mol. The van der Waals surface area contributed by atoms with Gasteiger partial charge in [0, 0.05) is 12.6 Å². The normalized spacial score (nSPS) is 16.6. The smallest absolute Gasteiger partial charge is 0.404 e. The molecule has 0 aromatic heterocycles. The highest BCUT2D eigenvalue weighted by Crippen LogP contribution is 2.30. The van der Waals surface area contributed by atoms with E-state index >= 15 is 0 Å². The average Bonchev–Trinajstić information content (AvgIpc) is 3.40. The molecule has 3 atom stereocenters. The van der Waals surface area contributed by atoms with E-state index in [1.54, 1.807) is 0 Å². The number of carbonyl (C=O) groups is 5. The first kappa shape index (κ1) is 34.2. The minimum atomic E-state index is -5.25. The average molecular weight is 618 g/mol. The van der Waals surface area contributed by atoms with E-state index in [1.807, 2.05) is 0 Å². The molecule has 1 aromatic carbocycles. The summed E-state index contributed by atoms with van der Waals surface area (Å²) in [6.07, 6.45) is -6.50. The van der Waals surface area contributed by atoms with Gasteiger partial charge < -0.3 is 20.3 Å². The van der Waals surface area contributed by atoms with E-state index in [-0.39, 0.29) is 19.4 Å². The zero-order valence-electron chi connectivity index (χ0n) is 22.5. The number of ether oxygens (including phenoxy) is 1. The molecule has 0 bridgehead atoms. The Balaban J connectivity index is 2.12. The van der Waals surface area contributed by atoms with Crippen LogP contribution in [0.5, 0.6) is 5.75 Å². The van der Waals surface area contributed by atoms with Crippen molar-refractivity contribution in [1.29, 1.82) is 0 Å². The lowest BCUT2D eigenvalue weighted by Crippen LogP contribution is -2.56. The van der Waals surface area contributed by atoms with Crippen LogP contribution in [0.25, 0.3) is 0 Å². The van der Waals surface area contributed by atoms with Crippen LogP contribution >= 0.6 is 0 Å². The van der Waals surface area contributed by atoms with E-state index in [4.69, 9.17) is 0 Å². The summed E-state index contributed by atoms with van der Waals surface area (Å²) in [5.41, 5.74) is 0. The van der Waals surface area contributed by atoms with Gasteiger partial charge in [-0.1, -0.05) is 0 Å². The minimum absolute atomic E-state index is 0.00644. The second-order valence-electron chi connectivity index (χ2n) is 9.57. The number of likely N-dealkylation sites (tertiary alicyclic amines) is 1. The van der Waals surface area contributed by atoms with Crippen LogP contribution in [0.4, 0.5) is 39.9 Å². The largest absolute Gasteiger partial charge is 0.471 e. The summed E-state index contributed by atoms with van der Waals surface area (Å²) >= 11 is 0. The van der Waals surface area contributed by atoms with Crippen molar-refractivity contribution in [3.63, 3.8) is 0 Å². The van der Waals surface area contributed by atoms with Gasteiger partial charge in [0.15, 0.2) is 5.78 Å². The summed E-state index contributed by atoms with van der Waals surface area (Å²) in [6, 6.07) is -5.12. The van der Waals surface area contributed by atoms with Crippen LogP contribution in [0.2, 0.25) is 0 Å². The minimum Gasteiger partial charge on any atom is -0.404 e. The number of ketones is 1. The van der Waals surface area contributed by atoms with Gasteiger partial charge in [0.05, 0.1) is 12.6 Å². The fourth-order valence-electron chi connectivity index (χ4n) is 3.91. The number of hydrogen-bond acceptors (Lipinski definition) is 6. The SMILES string of the molecule is CC(C)N(CC(=O)[C@@H]1CCCN1C(=O)[C@H](C)NC(=O)[C@H](C)NC(=O)C(F)(F)F)C(=O)Oc1c(F)c(F)c(F)c(F)c1F. The van der Waals surface area contributed by atoms with Gasteiger partial charge in [0.25, 0.3) is 0 Å². The van der Waals surface area contributed by atoms with Crippen LogP contribution < -0.4 is 15.4 Å². The van der Waals surface area contributed by atoms with Crippen LogP contribution in [0.1, 0.15) is 40.5 Å². The van der Waals surface area contributed by atoms with Gasteiger partial charge in [0.2, 0.25) is 46.6 Å². The second-order valence-corrected chi connectivity index (χ2v) is 9.57. The number of carbonyl (C=O) groups excluding carboxylic acids is 5. The van der Waals surface area contributed by atoms with Crippen LogP contribution in [0, 0.1) is 29.1 Å². The molecule has 1 saturated heterocycles. The first-order valence-electron chi connectivity index (χ1n) is 12.3. The number of nitrogens with zero attached hydrogens (tertiary/aromatic N) is 2. The number of amides is 4. The monoisotopic (exact) mass is 618 g/mol. The second kappa shape index (κ2) is 13.3. The molecule has 0 saturated carbocycles. The molecule has 2 N–H and O–H groups in total. The summed E-state index contributed by atoms with van der Waals surface area (Å²) in [5, 5.41) is 3.56. The molecule has 4 amide bonds. The Morgan fingerprint density at radius 3 is 1.90 bits per heavy atom. The quantitative estimate of drug-likeness (QED) is 0.249. The molecule has 0 unspecified atom stereocenters. The van der Waals surface area contributed by atoms with Crippen LogP contribution in [0.15, 0.2) is 0 Å². The molecule has 1 aliphatic rings. The molecule has 1 fully saturated rings. The number of rotatable bonds is 9. The van der Waals surface area contributed by atoms with Crippen LogP contribution in [-0.2, 0) is 19.2 Å². The lowest BCUT2D eigenvalue weighted by Gasteiger charge is -2.30. The van der Waals surface area contributed by atoms with Crippen LogP contribution in [-0.4, -0.2) is 82.8 Å². The van der Waals surface area contributed by atoms with Crippen molar-refractivity contribution in [2.24, 2.45) is 0 Å². The van der Waals surface area contributed by atoms with Crippen molar-refractivity contribution in [2.45, 2.75) is 70.9 Å². The molecule has 234 valence electrons. The topological polar surface area (TPSA) is 125 Å². The van der Waals surface area contributed by atoms with E-state index in [1.165, 1.54) is 26.1 Å². The van der Waals surface area contributed by atoms with E-state index in [9.17, 15) is 59.1 Å². The maximum Gasteiger partial charge on any atom is 0.471 e. The number of benzene rings is 1. The molecule has 1 aromatic rings. The van der Waals surface area contributed by atoms with Crippen molar-refractivity contribution < 1.29 is 63.8 Å². The summed E-state index contributed by atoms with van der Waals surface area (Å²) in [7, 11) is 0. The number of Topliss-reactive ketones (excluding diaryl/α,β-unsaturated/α-hetero) is 1. The number of nitrogens with one attached hydrogen (secondary N) is 2. The van der Waals surface area contributed by atoms with Gasteiger partial charge in [-0.05, 0) is 40.5 Å². The summed E-state index contributed by atoms with van der Waals surface area (Å²) < 4.78 is 110. The molecule has 18 heteroatoms. The fraction of sp³-hybridized carbons (Fsp3) is 0.542. The maximum absolute atomic E-state index is 14.0. The van der Waals surface area contributed by atoms with Gasteiger partial charge in [-0.25, -0.2) is 18.0 Å². The Kier molecular flexibility index (Phi) is 10.9. The number of hydrogen-bond donors (Lipinski definition) is 2. The van der Waals surface area contributed by atoms with Crippen molar-refractivity contribution in [3.8, 4) is 5.75 Å². The van der Waals surface area contributed by atoms with Gasteiger partial charge >= 0.3 is 18.2 Å². The Hall–Kier alpha value is -3.99. The molecule has 1 heterocycles. The molecule has 42 heavy (non-hydrogen) atoms. The lowest BCUT2D eigenvalue weighted by molar-refractivity contribution is -0.174. The first-order valence-corrected chi connectivity index (χ1v) is 12.3. The third kappa shape index (κ3) is 7.64. The molecule has 1 aliphatic heterocycles. The molecule has 0 aliphatic carbocycles. The first-order chi connectivity index (χ1) is 19.3. The molecular weight excluding hydrogens is 592 g/mol. The summed E-state index contributed by atoms with van der Waals surface area (Å²) in [6.45, 7) is 4.01. The van der Waals surface area contributed by atoms with Gasteiger partial charge in [-0.3, -0.25) is 24.1 Å². The number of alkyl halides is 3. The highest BCUT2D eigenvalue weighted by Gasteiger charge is 2.41. The molecule has 0 radical (unpaired) electrons. The zero-order chi connectivity index (χ0) is 32.3. The van der Waals surface area contributed by atoms with E-state index in [2.05, 4.69) is 10.1 Å². The summed E-state index contributed by atoms with van der Waals surface area (Å²) in [5.74, 6) is -19.0. The highest BCUT2D eigenvalue weighted by molar-refractivity contribution is 5.96. The fourth-order valence-corrected chi connectivity index (χ4v) is 3.91. The van der Waals surface area contributed by atoms with Crippen molar-refractivity contribution >= 4 is 29.6 Å². The molecule has 2 rings (SSSR count). The third-order valence-corrected chi connectivity index (χ3v) is 6.18. The molecule has 10 nitrogen and oxygen atoms in total. The van der Waals surface area contributed by atoms with Gasteiger partial charge in [-0.2, -0.15) is 22.0 Å². The standard InChI is InChI=1S/C24H26F8N4O6/c1-9(2)36(23(41)42-19-17(28)15(26)14(25)16(27)18(19)29)8-13(37)12-6-5-7-35(12)21(39)11(4)33-20(38)10(3)34-22(40)24(30,31)32/h9-12H,5-8H2,1-4H3,(H,33,38)(H,34,40)/t10-,11-,12-/m0/s1. The van der Waals surface area contributed by atoms with Gasteiger partial charge in [0.1, 0.15) is 12.1 Å². The van der Waals surface area contributed by atoms with Crippen molar-refractivity contribution in [3.05, 3.63) is 29.1 Å². The maximum atomic E-state index is 14.0. The lowest BCUT2D eigenvalue weighted by atomic mass is 10.1. The highest BCUT2D eigenvalue weighted by atomic mass is 19.4.